The second-order valence-electron chi connectivity index (χ2n) is 4.84. The maximum Gasteiger partial charge on any atom is 0.297 e. The lowest BCUT2D eigenvalue weighted by Gasteiger charge is -2.19. The lowest BCUT2D eigenvalue weighted by atomic mass is 9.87. The summed E-state index contributed by atoms with van der Waals surface area (Å²) >= 11 is 0. The molecule has 0 saturated carbocycles. The molecule has 1 rings (SSSR count). The molecular formula is C12H19NO3S. The van der Waals surface area contributed by atoms with E-state index in [1.54, 1.807) is 24.3 Å². The normalized spacial score (nSPS) is 12.7. The van der Waals surface area contributed by atoms with Crippen LogP contribution in [0.4, 0.5) is 0 Å². The summed E-state index contributed by atoms with van der Waals surface area (Å²) in [7, 11) is -3.66. The molecule has 17 heavy (non-hydrogen) atoms. The van der Waals surface area contributed by atoms with Crippen molar-refractivity contribution < 1.29 is 12.6 Å². The quantitative estimate of drug-likeness (QED) is 0.833. The van der Waals surface area contributed by atoms with E-state index in [9.17, 15) is 8.42 Å². The van der Waals surface area contributed by atoms with E-state index in [4.69, 9.17) is 9.92 Å². The summed E-state index contributed by atoms with van der Waals surface area (Å²) in [6.07, 6.45) is 0. The lowest BCUT2D eigenvalue weighted by Crippen LogP contribution is -2.15. The maximum atomic E-state index is 11.7. The number of hydrogen-bond acceptors (Lipinski definition) is 4. The second-order valence-corrected chi connectivity index (χ2v) is 6.45. The average molecular weight is 257 g/mol. The Morgan fingerprint density at radius 3 is 2.12 bits per heavy atom. The maximum absolute atomic E-state index is 11.7. The molecule has 0 amide bonds. The van der Waals surface area contributed by atoms with Crippen LogP contribution in [0.15, 0.2) is 29.2 Å². The summed E-state index contributed by atoms with van der Waals surface area (Å²) in [5.74, 6) is 0. The van der Waals surface area contributed by atoms with Gasteiger partial charge in [0.15, 0.2) is 0 Å². The van der Waals surface area contributed by atoms with E-state index in [0.29, 0.717) is 0 Å². The monoisotopic (exact) mass is 257 g/mol. The number of rotatable bonds is 4. The van der Waals surface area contributed by atoms with E-state index in [1.165, 1.54) is 0 Å². The Kier molecular flexibility index (Phi) is 4.30. The highest BCUT2D eigenvalue weighted by molar-refractivity contribution is 7.86. The third-order valence-electron chi connectivity index (χ3n) is 2.37. The SMILES string of the molecule is CC(C)(C)c1ccc(S(=O)(=O)OCCN)cc1. The number of nitrogens with two attached hydrogens (primary N) is 1. The van der Waals surface area contributed by atoms with Gasteiger partial charge in [0.25, 0.3) is 10.1 Å². The first-order chi connectivity index (χ1) is 7.77. The van der Waals surface area contributed by atoms with Crippen LogP contribution >= 0.6 is 0 Å². The van der Waals surface area contributed by atoms with Crippen molar-refractivity contribution in [1.29, 1.82) is 0 Å². The topological polar surface area (TPSA) is 69.4 Å². The summed E-state index contributed by atoms with van der Waals surface area (Å²) in [6, 6.07) is 6.73. The minimum Gasteiger partial charge on any atom is -0.328 e. The zero-order valence-corrected chi connectivity index (χ0v) is 11.3. The van der Waals surface area contributed by atoms with E-state index in [1.807, 2.05) is 0 Å². The highest BCUT2D eigenvalue weighted by Crippen LogP contribution is 2.23. The van der Waals surface area contributed by atoms with Gasteiger partial charge in [0.05, 0.1) is 11.5 Å². The Balaban J connectivity index is 2.95. The van der Waals surface area contributed by atoms with E-state index in [0.717, 1.165) is 5.56 Å². The first-order valence-electron chi connectivity index (χ1n) is 5.47. The van der Waals surface area contributed by atoms with E-state index >= 15 is 0 Å². The Morgan fingerprint density at radius 1 is 1.18 bits per heavy atom. The minimum absolute atomic E-state index is 0.000404. The van der Waals surface area contributed by atoms with Crippen LogP contribution in [0.1, 0.15) is 26.3 Å². The Labute approximate surface area is 103 Å². The molecule has 0 aliphatic rings. The third kappa shape index (κ3) is 3.80. The van der Waals surface area contributed by atoms with Gasteiger partial charge in [0.1, 0.15) is 0 Å². The molecule has 0 bridgehead atoms. The van der Waals surface area contributed by atoms with Gasteiger partial charge in [-0.3, -0.25) is 4.18 Å². The summed E-state index contributed by atoms with van der Waals surface area (Å²) < 4.78 is 28.1. The fourth-order valence-electron chi connectivity index (χ4n) is 1.35. The minimum atomic E-state index is -3.66. The highest BCUT2D eigenvalue weighted by Gasteiger charge is 2.17. The summed E-state index contributed by atoms with van der Waals surface area (Å²) in [4.78, 5) is 0.166. The van der Waals surface area contributed by atoms with Crippen LogP contribution in [-0.2, 0) is 19.7 Å². The highest BCUT2D eigenvalue weighted by atomic mass is 32.2. The molecule has 0 unspecified atom stereocenters. The molecule has 0 radical (unpaired) electrons. The predicted molar refractivity (Wildman–Crippen MR) is 67.3 cm³/mol. The number of benzene rings is 1. The molecule has 0 atom stereocenters. The number of hydrogen-bond donors (Lipinski definition) is 1. The van der Waals surface area contributed by atoms with Crippen molar-refractivity contribution in [3.8, 4) is 0 Å². The molecule has 0 heterocycles. The van der Waals surface area contributed by atoms with Crippen molar-refractivity contribution in [2.24, 2.45) is 5.73 Å². The smallest absolute Gasteiger partial charge is 0.297 e. The Morgan fingerprint density at radius 2 is 1.71 bits per heavy atom. The van der Waals surface area contributed by atoms with Crippen LogP contribution in [0.2, 0.25) is 0 Å². The summed E-state index contributed by atoms with van der Waals surface area (Å²) in [6.45, 7) is 6.40. The van der Waals surface area contributed by atoms with Crippen molar-refractivity contribution >= 4 is 10.1 Å². The molecule has 0 saturated heterocycles. The van der Waals surface area contributed by atoms with Gasteiger partial charge in [-0.2, -0.15) is 8.42 Å². The van der Waals surface area contributed by atoms with Crippen molar-refractivity contribution in [2.75, 3.05) is 13.2 Å². The van der Waals surface area contributed by atoms with Crippen LogP contribution < -0.4 is 5.73 Å². The molecule has 96 valence electrons. The molecule has 0 spiro atoms. The first-order valence-corrected chi connectivity index (χ1v) is 6.88. The van der Waals surface area contributed by atoms with Crippen molar-refractivity contribution in [3.05, 3.63) is 29.8 Å². The molecule has 5 heteroatoms. The van der Waals surface area contributed by atoms with E-state index in [2.05, 4.69) is 20.8 Å². The van der Waals surface area contributed by atoms with Crippen molar-refractivity contribution in [1.82, 2.24) is 0 Å². The van der Waals surface area contributed by atoms with Gasteiger partial charge in [0.2, 0.25) is 0 Å². The van der Waals surface area contributed by atoms with Gasteiger partial charge in [-0.05, 0) is 23.1 Å². The largest absolute Gasteiger partial charge is 0.328 e. The molecule has 1 aromatic carbocycles. The molecule has 0 fully saturated rings. The first kappa shape index (κ1) is 14.2. The Bertz CT molecular complexity index is 458. The second kappa shape index (κ2) is 5.16. The lowest BCUT2D eigenvalue weighted by molar-refractivity contribution is 0.327. The van der Waals surface area contributed by atoms with Gasteiger partial charge in [-0.25, -0.2) is 0 Å². The molecule has 4 nitrogen and oxygen atoms in total. The predicted octanol–water partition coefficient (Wildman–Crippen LogP) is 1.65. The Hall–Kier alpha value is -0.910. The molecular weight excluding hydrogens is 238 g/mol. The summed E-state index contributed by atoms with van der Waals surface area (Å²) in [5.41, 5.74) is 6.28. The fourth-order valence-corrected chi connectivity index (χ4v) is 2.27. The molecule has 0 aliphatic heterocycles. The van der Waals surface area contributed by atoms with Crippen LogP contribution in [0.3, 0.4) is 0 Å². The van der Waals surface area contributed by atoms with E-state index < -0.39 is 10.1 Å². The van der Waals surface area contributed by atoms with Gasteiger partial charge < -0.3 is 5.73 Å². The van der Waals surface area contributed by atoms with Crippen LogP contribution in [0.25, 0.3) is 0 Å². The van der Waals surface area contributed by atoms with Gasteiger partial charge >= 0.3 is 0 Å². The van der Waals surface area contributed by atoms with Gasteiger partial charge in [-0.1, -0.05) is 32.9 Å². The van der Waals surface area contributed by atoms with Crippen molar-refractivity contribution in [3.63, 3.8) is 0 Å². The molecule has 2 N–H and O–H groups in total. The molecule has 0 aliphatic carbocycles. The van der Waals surface area contributed by atoms with Crippen LogP contribution in [-0.4, -0.2) is 21.6 Å². The molecule has 1 aromatic rings. The van der Waals surface area contributed by atoms with E-state index in [-0.39, 0.29) is 23.5 Å². The van der Waals surface area contributed by atoms with Crippen LogP contribution in [0.5, 0.6) is 0 Å². The third-order valence-corrected chi connectivity index (χ3v) is 3.69. The van der Waals surface area contributed by atoms with Crippen LogP contribution in [0, 0.1) is 0 Å². The average Bonchev–Trinajstić information content (AvgIpc) is 2.25. The zero-order chi connectivity index (χ0) is 13.1. The van der Waals surface area contributed by atoms with Gasteiger partial charge in [0, 0.05) is 6.54 Å². The zero-order valence-electron chi connectivity index (χ0n) is 10.4. The summed E-state index contributed by atoms with van der Waals surface area (Å²) in [5, 5.41) is 0. The standard InChI is InChI=1S/C12H19NO3S/c1-12(2,3)10-4-6-11(7-5-10)17(14,15)16-9-8-13/h4-7H,8-9,13H2,1-3H3. The van der Waals surface area contributed by atoms with Crippen molar-refractivity contribution in [2.45, 2.75) is 31.1 Å². The van der Waals surface area contributed by atoms with Gasteiger partial charge in [-0.15, -0.1) is 0 Å². The fraction of sp³-hybridized carbons (Fsp3) is 0.500. The molecule has 0 aromatic heterocycles.